The number of ether oxygens (including phenoxy) is 4. The quantitative estimate of drug-likeness (QED) is 0.123. The Labute approximate surface area is 284 Å². The third kappa shape index (κ3) is 6.66. The van der Waals surface area contributed by atoms with E-state index in [-0.39, 0.29) is 30.1 Å². The summed E-state index contributed by atoms with van der Waals surface area (Å²) >= 11 is 6.95. The van der Waals surface area contributed by atoms with E-state index in [0.29, 0.717) is 53.0 Å². The largest absolute Gasteiger partial charge is 0.469 e. The second-order valence-corrected chi connectivity index (χ2v) is 26.4. The Morgan fingerprint density at radius 1 is 1.02 bits per heavy atom. The molecule has 4 atom stereocenters. The molecule has 0 saturated carbocycles. The number of hydrogen-bond acceptors (Lipinski definition) is 7. The predicted octanol–water partition coefficient (Wildman–Crippen LogP) is 7.97. The number of fused-ring (bicyclic) bond motifs is 3. The van der Waals surface area contributed by atoms with Crippen LogP contribution < -0.4 is 4.74 Å². The first-order valence-corrected chi connectivity index (χ1v) is 23.4. The van der Waals surface area contributed by atoms with Crippen LogP contribution >= 0.6 is 11.6 Å². The van der Waals surface area contributed by atoms with E-state index < -0.39 is 22.5 Å². The normalized spacial score (nSPS) is 21.9. The van der Waals surface area contributed by atoms with Crippen LogP contribution in [0.1, 0.15) is 26.3 Å². The second-order valence-electron chi connectivity index (χ2n) is 15.6. The van der Waals surface area contributed by atoms with Crippen LogP contribution in [-0.2, 0) is 32.4 Å². The molecule has 2 aliphatic heterocycles. The lowest BCUT2D eigenvalue weighted by atomic mass is 10.1. The Balaban J connectivity index is 1.35. The van der Waals surface area contributed by atoms with E-state index in [4.69, 9.17) is 40.0 Å². The molecule has 2 fully saturated rings. The first kappa shape index (κ1) is 34.2. The van der Waals surface area contributed by atoms with Gasteiger partial charge in [0.25, 0.3) is 0 Å². The number of nitrogens with zero attached hydrogens (tertiary/aromatic N) is 4. The minimum atomic E-state index is -2.04. The SMILES string of the molecule is Cn1ccc2cc(-c3nc4c(C#N)c(O[C@@H]5CO[C@@H]6C(O[Si](C)(C)C(C)(C)C)CO[C@@H]65)n(COCC[Si](C)(C)C)c4cc3Cl)ccc21. The van der Waals surface area contributed by atoms with Crippen molar-refractivity contribution >= 4 is 49.9 Å². The minimum Gasteiger partial charge on any atom is -0.469 e. The van der Waals surface area contributed by atoms with Gasteiger partial charge in [0.05, 0.1) is 35.6 Å². The fourth-order valence-electron chi connectivity index (χ4n) is 6.06. The van der Waals surface area contributed by atoms with Crippen LogP contribution in [0.2, 0.25) is 48.8 Å². The van der Waals surface area contributed by atoms with Gasteiger partial charge in [0, 0.05) is 44.4 Å². The molecule has 3 aromatic heterocycles. The van der Waals surface area contributed by atoms with Crippen molar-refractivity contribution in [3.63, 3.8) is 0 Å². The number of pyridine rings is 1. The van der Waals surface area contributed by atoms with Crippen molar-refractivity contribution in [3.05, 3.63) is 47.1 Å². The molecule has 0 spiro atoms. The monoisotopic (exact) mass is 694 g/mol. The summed E-state index contributed by atoms with van der Waals surface area (Å²) in [5, 5.41) is 12.2. The summed E-state index contributed by atoms with van der Waals surface area (Å²) in [6.07, 6.45) is 0.878. The summed E-state index contributed by atoms with van der Waals surface area (Å²) in [6.45, 7) is 19.7. The third-order valence-electron chi connectivity index (χ3n) is 9.91. The van der Waals surface area contributed by atoms with Crippen LogP contribution in [0.5, 0.6) is 5.88 Å². The first-order valence-electron chi connectivity index (χ1n) is 16.4. The van der Waals surface area contributed by atoms with Gasteiger partial charge < -0.3 is 27.9 Å². The van der Waals surface area contributed by atoms with Gasteiger partial charge in [-0.2, -0.15) is 5.26 Å². The zero-order valence-corrected chi connectivity index (χ0v) is 31.8. The zero-order chi connectivity index (χ0) is 33.9. The molecule has 0 amide bonds. The fourth-order valence-corrected chi connectivity index (χ4v) is 8.39. The predicted molar refractivity (Wildman–Crippen MR) is 191 cm³/mol. The van der Waals surface area contributed by atoms with Crippen molar-refractivity contribution in [2.24, 2.45) is 7.05 Å². The number of hydrogen-bond donors (Lipinski definition) is 0. The molecule has 6 rings (SSSR count). The van der Waals surface area contributed by atoms with E-state index in [1.807, 2.05) is 29.9 Å². The number of aryl methyl sites for hydroxylation is 1. The Morgan fingerprint density at radius 2 is 1.72 bits per heavy atom. The van der Waals surface area contributed by atoms with Crippen LogP contribution in [0.3, 0.4) is 0 Å². The lowest BCUT2D eigenvalue weighted by Gasteiger charge is -2.39. The molecule has 1 aromatic carbocycles. The smallest absolute Gasteiger partial charge is 0.217 e. The average molecular weight is 695 g/mol. The van der Waals surface area contributed by atoms with Crippen LogP contribution in [0, 0.1) is 11.3 Å². The van der Waals surface area contributed by atoms with Gasteiger partial charge in [-0.15, -0.1) is 0 Å². The molecule has 0 bridgehead atoms. The lowest BCUT2D eigenvalue weighted by molar-refractivity contribution is 0.00849. The van der Waals surface area contributed by atoms with E-state index in [2.05, 4.69) is 82.3 Å². The maximum Gasteiger partial charge on any atom is 0.217 e. The van der Waals surface area contributed by atoms with E-state index in [9.17, 15) is 5.26 Å². The molecular weight excluding hydrogens is 648 g/mol. The molecule has 0 aliphatic carbocycles. The number of rotatable bonds is 10. The number of aromatic nitrogens is 3. The third-order valence-corrected chi connectivity index (χ3v) is 16.4. The van der Waals surface area contributed by atoms with E-state index in [1.54, 1.807) is 0 Å². The highest BCUT2D eigenvalue weighted by Crippen LogP contribution is 2.42. The molecule has 47 heavy (non-hydrogen) atoms. The highest BCUT2D eigenvalue weighted by atomic mass is 35.5. The molecule has 0 radical (unpaired) electrons. The number of halogens is 1. The summed E-state index contributed by atoms with van der Waals surface area (Å²) in [4.78, 5) is 5.01. The van der Waals surface area contributed by atoms with Crippen molar-refractivity contribution in [2.45, 2.75) is 95.7 Å². The molecule has 0 N–H and O–H groups in total. The van der Waals surface area contributed by atoms with Crippen molar-refractivity contribution in [1.82, 2.24) is 14.1 Å². The van der Waals surface area contributed by atoms with Gasteiger partial charge >= 0.3 is 0 Å². The van der Waals surface area contributed by atoms with Crippen molar-refractivity contribution in [2.75, 3.05) is 19.8 Å². The fraction of sp³-hybridized carbons (Fsp3) is 0.543. The van der Waals surface area contributed by atoms with Crippen LogP contribution in [0.15, 0.2) is 36.5 Å². The van der Waals surface area contributed by atoms with Gasteiger partial charge in [-0.1, -0.05) is 58.1 Å². The van der Waals surface area contributed by atoms with E-state index >= 15 is 0 Å². The van der Waals surface area contributed by atoms with Crippen molar-refractivity contribution in [1.29, 1.82) is 5.26 Å². The molecule has 2 aliphatic rings. The summed E-state index contributed by atoms with van der Waals surface area (Å²) in [5.74, 6) is 0.390. The Bertz CT molecular complexity index is 1830. The van der Waals surface area contributed by atoms with Gasteiger partial charge in [-0.25, -0.2) is 4.98 Å². The summed E-state index contributed by atoms with van der Waals surface area (Å²) in [5.41, 5.74) is 4.14. The molecule has 5 heterocycles. The highest BCUT2D eigenvalue weighted by Gasteiger charge is 2.52. The highest BCUT2D eigenvalue weighted by molar-refractivity contribution is 6.76. The van der Waals surface area contributed by atoms with Gasteiger partial charge in [-0.05, 0) is 48.4 Å². The Hall–Kier alpha value is -2.70. The Kier molecular flexibility index (Phi) is 9.19. The standard InChI is InChI=1S/C35H47ClN4O5Si2/c1-35(2,3)47(8,9)45-29-20-43-32-28(19-42-33(29)32)44-34-24(18-37)31-27(40(34)21-41-14-15-46(5,6)7)17-25(36)30(38-31)23-10-11-26-22(16-23)12-13-39(26)4/h10-13,16-17,28-29,32-33H,14-15,19-21H2,1-9H3/t28-,29?,32-,33-/m1/s1. The molecule has 252 valence electrons. The van der Waals surface area contributed by atoms with Crippen molar-refractivity contribution < 1.29 is 23.4 Å². The van der Waals surface area contributed by atoms with Crippen LogP contribution in [0.25, 0.3) is 33.2 Å². The van der Waals surface area contributed by atoms with Crippen LogP contribution in [-0.4, -0.2) is 74.7 Å². The topological polar surface area (TPSA) is 92.7 Å². The molecule has 9 nitrogen and oxygen atoms in total. The molecular formula is C35H47ClN4O5Si2. The van der Waals surface area contributed by atoms with Gasteiger partial charge in [-0.3, -0.25) is 4.57 Å². The van der Waals surface area contributed by atoms with Gasteiger partial charge in [0.1, 0.15) is 36.1 Å². The van der Waals surface area contributed by atoms with Gasteiger partial charge in [0.2, 0.25) is 5.88 Å². The average Bonchev–Trinajstić information content (AvgIpc) is 3.73. The summed E-state index contributed by atoms with van der Waals surface area (Å²) in [7, 11) is -1.33. The second kappa shape index (κ2) is 12.6. The molecule has 12 heteroatoms. The molecule has 2 saturated heterocycles. The minimum absolute atomic E-state index is 0.0671. The number of benzene rings is 1. The van der Waals surface area contributed by atoms with E-state index in [1.165, 1.54) is 0 Å². The van der Waals surface area contributed by atoms with Crippen molar-refractivity contribution in [3.8, 4) is 23.2 Å². The maximum atomic E-state index is 10.6. The van der Waals surface area contributed by atoms with Gasteiger partial charge in [0.15, 0.2) is 14.4 Å². The number of nitriles is 1. The van der Waals surface area contributed by atoms with E-state index in [0.717, 1.165) is 22.5 Å². The molecule has 1 unspecified atom stereocenters. The molecule has 4 aromatic rings. The summed E-state index contributed by atoms with van der Waals surface area (Å²) in [6, 6.07) is 13.5. The summed E-state index contributed by atoms with van der Waals surface area (Å²) < 4.78 is 36.2. The zero-order valence-electron chi connectivity index (χ0n) is 29.0. The van der Waals surface area contributed by atoms with Crippen LogP contribution in [0.4, 0.5) is 0 Å². The maximum absolute atomic E-state index is 10.6. The lowest BCUT2D eigenvalue weighted by Crippen LogP contribution is -2.47. The Morgan fingerprint density at radius 3 is 2.40 bits per heavy atom. The first-order chi connectivity index (χ1) is 22.1.